The van der Waals surface area contributed by atoms with Gasteiger partial charge in [-0.1, -0.05) is 24.3 Å². The van der Waals surface area contributed by atoms with E-state index < -0.39 is 32.4 Å². The van der Waals surface area contributed by atoms with Crippen molar-refractivity contribution in [2.24, 2.45) is 14.1 Å². The molecule has 0 fully saturated rings. The minimum absolute atomic E-state index is 0. The van der Waals surface area contributed by atoms with Gasteiger partial charge in [0, 0.05) is 102 Å². The Kier molecular flexibility index (Phi) is 32.2. The molecule has 0 atom stereocenters. The molecule has 0 N–H and O–H groups in total. The van der Waals surface area contributed by atoms with Crippen molar-refractivity contribution in [3.63, 3.8) is 0 Å². The van der Waals surface area contributed by atoms with E-state index in [1.54, 1.807) is 0 Å². The molecule has 6 aromatic rings. The Morgan fingerprint density at radius 1 is 0.453 bits per heavy atom. The number of rotatable bonds is 12. The Labute approximate surface area is 394 Å². The molecule has 346 valence electrons. The van der Waals surface area contributed by atoms with E-state index in [4.69, 9.17) is 57.1 Å². The van der Waals surface area contributed by atoms with Crippen molar-refractivity contribution < 1.29 is 112 Å². The number of carboxylic acids is 2. The number of aromatic nitrogens is 8. The van der Waals surface area contributed by atoms with Gasteiger partial charge < -0.3 is 28.9 Å². The van der Waals surface area contributed by atoms with Gasteiger partial charge in [-0.2, -0.15) is 0 Å². The molecule has 22 nitrogen and oxygen atoms in total. The van der Waals surface area contributed by atoms with Gasteiger partial charge in [0.25, 0.3) is 0 Å². The second-order valence-corrected chi connectivity index (χ2v) is 13.7. The summed E-state index contributed by atoms with van der Waals surface area (Å²) in [5.74, 6) is -0.0984. The van der Waals surface area contributed by atoms with Crippen molar-refractivity contribution in [2.45, 2.75) is 53.1 Å². The topological polar surface area (TPSA) is 358 Å². The summed E-state index contributed by atoms with van der Waals surface area (Å²) < 4.78 is 72.0. The molecular weight excluding hydrogens is 969 g/mol. The van der Waals surface area contributed by atoms with E-state index in [0.717, 1.165) is 87.5 Å². The Hall–Kier alpha value is -4.82. The van der Waals surface area contributed by atoms with Gasteiger partial charge in [0.15, 0.2) is 0 Å². The number of carboxylic acid groups (broad SMARTS) is 2. The van der Waals surface area contributed by atoms with Crippen LogP contribution in [0.1, 0.15) is 48.3 Å². The summed E-state index contributed by atoms with van der Waals surface area (Å²) in [4.78, 5) is 48.9. The summed E-state index contributed by atoms with van der Waals surface area (Å²) in [6, 6.07) is 24.0. The maximum absolute atomic E-state index is 8.89. The molecule has 0 unspecified atom stereocenters. The molecule has 0 saturated heterocycles. The van der Waals surface area contributed by atoms with Gasteiger partial charge in [0.2, 0.25) is 0 Å². The molecule has 0 aromatic carbocycles. The Bertz CT molecular complexity index is 1840. The summed E-state index contributed by atoms with van der Waals surface area (Å²) in [7, 11) is -5.86. The fourth-order valence-electron chi connectivity index (χ4n) is 4.72. The predicted octanol–water partition coefficient (Wildman–Crippen LogP) is -7.18. The zero-order chi connectivity index (χ0) is 46.6. The minimum Gasteiger partial charge on any atom is -0.550 e. The average Bonchev–Trinajstić information content (AvgIpc) is 3.77. The molecule has 6 aromatic heterocycles. The first-order valence-electron chi connectivity index (χ1n) is 17.6. The maximum Gasteiger partial charge on any atom is 2.00 e. The molecule has 6 rings (SSSR count). The summed E-state index contributed by atoms with van der Waals surface area (Å²) in [6.07, 6.45) is 14.9. The van der Waals surface area contributed by atoms with Crippen molar-refractivity contribution in [2.75, 3.05) is 0 Å². The monoisotopic (exact) mass is 1010 g/mol. The molecule has 0 aliphatic heterocycles. The first kappa shape index (κ1) is 61.3. The number of hydrogen-bond donors (Lipinski definition) is 0. The van der Waals surface area contributed by atoms with Gasteiger partial charge in [-0.25, -0.2) is 47.2 Å². The summed E-state index contributed by atoms with van der Waals surface area (Å²) in [5.41, 5.74) is 4.19. The number of imidazole rings is 2. The van der Waals surface area contributed by atoms with E-state index in [9.17, 15) is 0 Å². The largest absolute Gasteiger partial charge is 2.00 e. The molecule has 64 heavy (non-hydrogen) atoms. The summed E-state index contributed by atoms with van der Waals surface area (Å²) in [5, 5.41) is 17.8. The number of pyridine rings is 4. The maximum atomic E-state index is 8.89. The molecule has 0 spiro atoms. The van der Waals surface area contributed by atoms with Crippen molar-refractivity contribution in [1.82, 2.24) is 48.8 Å². The summed E-state index contributed by atoms with van der Waals surface area (Å²) in [6.45, 7) is 6.54. The molecule has 0 bridgehead atoms. The van der Waals surface area contributed by atoms with Crippen LogP contribution in [0.25, 0.3) is 0 Å². The van der Waals surface area contributed by atoms with Crippen LogP contribution < -0.4 is 47.5 Å². The van der Waals surface area contributed by atoms with E-state index in [1.165, 1.54) is 0 Å². The molecule has 0 amide bonds. The van der Waals surface area contributed by atoms with Crippen LogP contribution in [0, 0.1) is 20.5 Å². The van der Waals surface area contributed by atoms with Gasteiger partial charge in [-0.05, 0) is 62.4 Å². The van der Waals surface area contributed by atoms with Crippen LogP contribution in [0.2, 0.25) is 0 Å². The zero-order valence-corrected chi connectivity index (χ0v) is 38.5. The predicted molar refractivity (Wildman–Crippen MR) is 191 cm³/mol. The van der Waals surface area contributed by atoms with Gasteiger partial charge in [-0.3, -0.25) is 29.7 Å². The van der Waals surface area contributed by atoms with E-state index in [-0.39, 0.29) is 34.1 Å². The van der Waals surface area contributed by atoms with Gasteiger partial charge in [0.1, 0.15) is 11.6 Å². The number of carbonyl (C=O) groups excluding carboxylic acids is 2. The molecule has 26 heteroatoms. The first-order chi connectivity index (χ1) is 29.1. The molecule has 2 radical (unpaired) electrons. The van der Waals surface area contributed by atoms with Crippen LogP contribution in [0.15, 0.2) is 122 Å². The van der Waals surface area contributed by atoms with Gasteiger partial charge >= 0.3 is 34.1 Å². The van der Waals surface area contributed by atoms with Crippen LogP contribution in [0.5, 0.6) is 0 Å². The van der Waals surface area contributed by atoms with Gasteiger partial charge in [0.05, 0.1) is 35.9 Å². The third-order valence-electron chi connectivity index (χ3n) is 7.02. The third kappa shape index (κ3) is 35.6. The van der Waals surface area contributed by atoms with Crippen molar-refractivity contribution in [3.05, 3.63) is 157 Å². The molecule has 6 heterocycles. The first-order valence-corrected chi connectivity index (χ1v) is 20.1. The number of halogens is 2. The number of nitrogens with zero attached hydrogens (tertiary/aromatic N) is 10. The Morgan fingerprint density at radius 3 is 0.828 bits per heavy atom. The van der Waals surface area contributed by atoms with Crippen LogP contribution in [-0.2, 0) is 97.1 Å². The van der Waals surface area contributed by atoms with Crippen molar-refractivity contribution in [1.29, 1.82) is 0 Å². The second-order valence-electron chi connectivity index (χ2n) is 12.2. The zero-order valence-electron chi connectivity index (χ0n) is 34.7. The van der Waals surface area contributed by atoms with E-state index in [2.05, 4.69) is 39.7 Å². The van der Waals surface area contributed by atoms with Crippen LogP contribution in [0.3, 0.4) is 0 Å². The van der Waals surface area contributed by atoms with Crippen LogP contribution in [-0.4, -0.2) is 60.8 Å². The molecule has 0 aliphatic carbocycles. The van der Waals surface area contributed by atoms with Crippen LogP contribution in [0.4, 0.5) is 0 Å². The molecule has 0 aliphatic rings. The number of carbonyl (C=O) groups is 2. The molecule has 0 saturated carbocycles. The fourth-order valence-corrected chi connectivity index (χ4v) is 4.72. The summed E-state index contributed by atoms with van der Waals surface area (Å²) >= 11 is 0. The smallest absolute Gasteiger partial charge is 0.550 e. The standard InChI is InChI=1S/2C17H19N5.2C2H4O2.2ClHO4.2Mn/c2*1-21-11-10-20-17(21)14-22(12-15-6-2-4-8-18-15)13-16-7-3-5-9-19-16;2*1-2(3)4;2*2-1(3,4)5;;/h2*2-11H,12-14H2,1H3;2*1H3,(H,3,4);2*(H,2,3,4,5);;/q;;;;;;2*+2/p-4. The van der Waals surface area contributed by atoms with E-state index in [1.807, 2.05) is 146 Å². The van der Waals surface area contributed by atoms with E-state index >= 15 is 0 Å². The third-order valence-corrected chi connectivity index (χ3v) is 7.02. The Balaban J connectivity index is 0. The second kappa shape index (κ2) is 33.7. The van der Waals surface area contributed by atoms with Gasteiger partial charge in [-0.15, -0.1) is 20.5 Å². The number of hydrogen-bond acceptors (Lipinski definition) is 20. The Morgan fingerprint density at radius 2 is 0.672 bits per heavy atom. The van der Waals surface area contributed by atoms with Crippen molar-refractivity contribution in [3.8, 4) is 0 Å². The fraction of sp³-hybridized carbons (Fsp3) is 0.263. The average molecular weight is 1010 g/mol. The van der Waals surface area contributed by atoms with Crippen LogP contribution >= 0.6 is 0 Å². The SMILES string of the molecule is CC(=O)[O-].CC(=O)[O-].Cn1ccnc1CN(Cc1ccccn1)Cc1ccccn1.Cn1ccnc1CN(Cc1ccccn1)Cc1ccccn1.[Mn+2].[Mn+2].[O-][Cl+3]([O-])([O-])[O-].[O-][Cl+3]([O-])([O-])[O-]. The normalized spacial score (nSPS) is 10.2. The molecular formula is C38H44Cl2Mn2N10O12. The van der Waals surface area contributed by atoms with Crippen molar-refractivity contribution >= 4 is 11.9 Å². The quantitative estimate of drug-likeness (QED) is 0.103. The number of aliphatic carboxylic acids is 2. The van der Waals surface area contributed by atoms with E-state index in [0.29, 0.717) is 0 Å². The minimum atomic E-state index is -4.94. The number of aryl methyl sites for hydroxylation is 2.